The van der Waals surface area contributed by atoms with Gasteiger partial charge in [0.15, 0.2) is 5.96 Å². The number of rotatable bonds is 9. The lowest BCUT2D eigenvalue weighted by Gasteiger charge is -2.13. The second kappa shape index (κ2) is 12.5. The van der Waals surface area contributed by atoms with Gasteiger partial charge >= 0.3 is 0 Å². The number of hydrogen-bond acceptors (Lipinski definition) is 3. The highest BCUT2D eigenvalue weighted by Gasteiger charge is 2.07. The SMILES string of the molecule is CCCC(CCO)CN=C(N)Nc1cccc(Oc2ccccc2)c1.I. The molecule has 4 N–H and O–H groups in total. The van der Waals surface area contributed by atoms with Crippen molar-refractivity contribution in [1.82, 2.24) is 0 Å². The van der Waals surface area contributed by atoms with E-state index in [0.29, 0.717) is 18.4 Å². The quantitative estimate of drug-likeness (QED) is 0.285. The van der Waals surface area contributed by atoms with Gasteiger partial charge in [0.05, 0.1) is 0 Å². The molecule has 1 unspecified atom stereocenters. The maximum absolute atomic E-state index is 9.11. The molecule has 0 aromatic heterocycles. The van der Waals surface area contributed by atoms with E-state index >= 15 is 0 Å². The number of anilines is 1. The molecule has 0 spiro atoms. The van der Waals surface area contributed by atoms with Gasteiger partial charge in [-0.15, -0.1) is 24.0 Å². The van der Waals surface area contributed by atoms with Crippen molar-refractivity contribution >= 4 is 35.6 Å². The van der Waals surface area contributed by atoms with Crippen molar-refractivity contribution in [3.05, 3.63) is 54.6 Å². The van der Waals surface area contributed by atoms with Crippen LogP contribution in [0, 0.1) is 5.92 Å². The van der Waals surface area contributed by atoms with Crippen molar-refractivity contribution in [3.63, 3.8) is 0 Å². The van der Waals surface area contributed by atoms with E-state index in [1.807, 2.05) is 54.6 Å². The zero-order valence-corrected chi connectivity index (χ0v) is 17.4. The minimum Gasteiger partial charge on any atom is -0.457 e. The number of aliphatic imine (C=N–C) groups is 1. The summed E-state index contributed by atoms with van der Waals surface area (Å²) in [5.74, 6) is 2.25. The maximum atomic E-state index is 9.11. The molecule has 26 heavy (non-hydrogen) atoms. The molecule has 0 fully saturated rings. The van der Waals surface area contributed by atoms with Gasteiger partial charge in [0, 0.05) is 24.9 Å². The molecule has 0 aliphatic carbocycles. The Bertz CT molecular complexity index is 659. The summed E-state index contributed by atoms with van der Waals surface area (Å²) in [4.78, 5) is 4.40. The van der Waals surface area contributed by atoms with E-state index in [9.17, 15) is 0 Å². The Morgan fingerprint density at radius 2 is 1.85 bits per heavy atom. The number of hydrogen-bond donors (Lipinski definition) is 3. The molecule has 6 heteroatoms. The summed E-state index contributed by atoms with van der Waals surface area (Å²) in [6.07, 6.45) is 2.87. The summed E-state index contributed by atoms with van der Waals surface area (Å²) in [6.45, 7) is 2.94. The topological polar surface area (TPSA) is 79.9 Å². The van der Waals surface area contributed by atoms with Crippen LogP contribution in [-0.4, -0.2) is 24.2 Å². The fraction of sp³-hybridized carbons (Fsp3) is 0.350. The summed E-state index contributed by atoms with van der Waals surface area (Å²) >= 11 is 0. The number of para-hydroxylation sites is 1. The normalized spacial score (nSPS) is 12.2. The third kappa shape index (κ3) is 8.05. The van der Waals surface area contributed by atoms with Crippen LogP contribution in [0.15, 0.2) is 59.6 Å². The first-order chi connectivity index (χ1) is 12.2. The number of benzene rings is 2. The maximum Gasteiger partial charge on any atom is 0.193 e. The molecule has 0 bridgehead atoms. The van der Waals surface area contributed by atoms with Crippen molar-refractivity contribution < 1.29 is 9.84 Å². The molecule has 2 aromatic rings. The number of ether oxygens (including phenoxy) is 1. The molecule has 142 valence electrons. The second-order valence-corrected chi connectivity index (χ2v) is 5.96. The second-order valence-electron chi connectivity index (χ2n) is 5.96. The van der Waals surface area contributed by atoms with E-state index in [0.717, 1.165) is 36.4 Å². The zero-order valence-electron chi connectivity index (χ0n) is 15.1. The van der Waals surface area contributed by atoms with Gasteiger partial charge in [-0.3, -0.25) is 4.99 Å². The molecule has 0 aliphatic heterocycles. The predicted octanol–water partition coefficient (Wildman–Crippen LogP) is 4.62. The van der Waals surface area contributed by atoms with Gasteiger partial charge in [0.25, 0.3) is 0 Å². The Hall–Kier alpha value is -1.80. The van der Waals surface area contributed by atoms with Crippen molar-refractivity contribution in [1.29, 1.82) is 0 Å². The van der Waals surface area contributed by atoms with Crippen molar-refractivity contribution in [3.8, 4) is 11.5 Å². The van der Waals surface area contributed by atoms with Gasteiger partial charge in [-0.25, -0.2) is 0 Å². The number of nitrogens with two attached hydrogens (primary N) is 1. The summed E-state index contributed by atoms with van der Waals surface area (Å²) in [6, 6.07) is 17.2. The van der Waals surface area contributed by atoms with Gasteiger partial charge in [0.1, 0.15) is 11.5 Å². The van der Waals surface area contributed by atoms with Crippen LogP contribution >= 0.6 is 24.0 Å². The number of halogens is 1. The van der Waals surface area contributed by atoms with Crippen molar-refractivity contribution in [2.45, 2.75) is 26.2 Å². The molecule has 0 aliphatic rings. The van der Waals surface area contributed by atoms with Gasteiger partial charge in [-0.05, 0) is 43.0 Å². The van der Waals surface area contributed by atoms with E-state index in [-0.39, 0.29) is 30.6 Å². The number of nitrogens with zero attached hydrogens (tertiary/aromatic N) is 1. The van der Waals surface area contributed by atoms with E-state index in [1.165, 1.54) is 0 Å². The van der Waals surface area contributed by atoms with E-state index in [4.69, 9.17) is 15.6 Å². The van der Waals surface area contributed by atoms with Crippen LogP contribution in [0.3, 0.4) is 0 Å². The Balaban J connectivity index is 0.00000338. The Morgan fingerprint density at radius 3 is 2.54 bits per heavy atom. The monoisotopic (exact) mass is 469 g/mol. The lowest BCUT2D eigenvalue weighted by Crippen LogP contribution is -2.24. The Kier molecular flexibility index (Phi) is 10.7. The molecule has 0 radical (unpaired) electrons. The highest BCUT2D eigenvalue weighted by atomic mass is 127. The number of aliphatic hydroxyl groups excluding tert-OH is 1. The van der Waals surface area contributed by atoms with Crippen LogP contribution in [0.2, 0.25) is 0 Å². The molecule has 0 amide bonds. The average molecular weight is 469 g/mol. The lowest BCUT2D eigenvalue weighted by atomic mass is 10.0. The predicted molar refractivity (Wildman–Crippen MR) is 119 cm³/mol. The van der Waals surface area contributed by atoms with Gasteiger partial charge in [-0.2, -0.15) is 0 Å². The fourth-order valence-corrected chi connectivity index (χ4v) is 2.59. The van der Waals surface area contributed by atoms with Crippen LogP contribution in [0.5, 0.6) is 11.5 Å². The molecule has 2 rings (SSSR count). The molecule has 0 saturated heterocycles. The van der Waals surface area contributed by atoms with Gasteiger partial charge in [0.2, 0.25) is 0 Å². The highest BCUT2D eigenvalue weighted by Crippen LogP contribution is 2.23. The lowest BCUT2D eigenvalue weighted by molar-refractivity contribution is 0.253. The largest absolute Gasteiger partial charge is 0.457 e. The standard InChI is InChI=1S/C20H27N3O2.HI/c1-2-7-16(12-13-24)15-22-20(21)23-17-8-6-11-19(14-17)25-18-9-4-3-5-10-18;/h3-6,8-11,14,16,24H,2,7,12-13,15H2,1H3,(H3,21,22,23);1H. The summed E-state index contributed by atoms with van der Waals surface area (Å²) in [5, 5.41) is 12.2. The molecular formula is C20H28IN3O2. The molecule has 0 heterocycles. The number of aliphatic hydroxyl groups is 1. The highest BCUT2D eigenvalue weighted by molar-refractivity contribution is 14.0. The van der Waals surface area contributed by atoms with Gasteiger partial charge < -0.3 is 20.9 Å². The van der Waals surface area contributed by atoms with Gasteiger partial charge in [-0.1, -0.05) is 37.6 Å². The Labute approximate surface area is 172 Å². The molecular weight excluding hydrogens is 441 g/mol. The van der Waals surface area contributed by atoms with E-state index in [2.05, 4.69) is 17.2 Å². The first-order valence-corrected chi connectivity index (χ1v) is 8.72. The minimum atomic E-state index is 0. The van der Waals surface area contributed by atoms with Crippen molar-refractivity contribution in [2.24, 2.45) is 16.6 Å². The molecule has 0 saturated carbocycles. The average Bonchev–Trinajstić information content (AvgIpc) is 2.61. The summed E-state index contributed by atoms with van der Waals surface area (Å²) < 4.78 is 5.81. The Morgan fingerprint density at radius 1 is 1.12 bits per heavy atom. The third-order valence-corrected chi connectivity index (χ3v) is 3.84. The molecule has 2 aromatic carbocycles. The van der Waals surface area contributed by atoms with E-state index in [1.54, 1.807) is 0 Å². The smallest absolute Gasteiger partial charge is 0.193 e. The summed E-state index contributed by atoms with van der Waals surface area (Å²) in [7, 11) is 0. The van der Waals surface area contributed by atoms with E-state index < -0.39 is 0 Å². The number of nitrogens with one attached hydrogen (secondary N) is 1. The summed E-state index contributed by atoms with van der Waals surface area (Å²) in [5.41, 5.74) is 6.81. The first-order valence-electron chi connectivity index (χ1n) is 8.72. The number of guanidine groups is 1. The van der Waals surface area contributed by atoms with Crippen LogP contribution in [0.1, 0.15) is 26.2 Å². The first kappa shape index (κ1) is 22.2. The minimum absolute atomic E-state index is 0. The molecule has 5 nitrogen and oxygen atoms in total. The van der Waals surface area contributed by atoms with Crippen molar-refractivity contribution in [2.75, 3.05) is 18.5 Å². The molecule has 1 atom stereocenters. The zero-order chi connectivity index (χ0) is 17.9. The van der Waals surface area contributed by atoms with Crippen LogP contribution in [-0.2, 0) is 0 Å². The van der Waals surface area contributed by atoms with Crippen LogP contribution in [0.25, 0.3) is 0 Å². The fourth-order valence-electron chi connectivity index (χ4n) is 2.59. The third-order valence-electron chi connectivity index (χ3n) is 3.84. The van der Waals surface area contributed by atoms with Crippen LogP contribution < -0.4 is 15.8 Å². The van der Waals surface area contributed by atoms with Crippen LogP contribution in [0.4, 0.5) is 5.69 Å².